The van der Waals surface area contributed by atoms with Crippen LogP contribution < -0.4 is 5.32 Å². The monoisotopic (exact) mass is 346 g/mol. The van der Waals surface area contributed by atoms with Crippen LogP contribution in [-0.4, -0.2) is 10.9 Å². The molecule has 20 heavy (non-hydrogen) atoms. The zero-order chi connectivity index (χ0) is 13.9. The summed E-state index contributed by atoms with van der Waals surface area (Å²) in [7, 11) is 0. The molecule has 1 aromatic heterocycles. The van der Waals surface area contributed by atoms with Gasteiger partial charge >= 0.3 is 0 Å². The van der Waals surface area contributed by atoms with Crippen LogP contribution in [0.3, 0.4) is 0 Å². The average molecular weight is 347 g/mol. The molecule has 1 N–H and O–H groups in total. The Morgan fingerprint density at radius 1 is 1.20 bits per heavy atom. The molecule has 0 spiro atoms. The molecule has 0 aliphatic rings. The van der Waals surface area contributed by atoms with Crippen molar-refractivity contribution in [3.8, 4) is 0 Å². The van der Waals surface area contributed by atoms with E-state index in [1.54, 1.807) is 5.51 Å². The van der Waals surface area contributed by atoms with Crippen molar-refractivity contribution in [1.29, 1.82) is 0 Å². The third kappa shape index (κ3) is 2.89. The summed E-state index contributed by atoms with van der Waals surface area (Å²) in [4.78, 5) is 16.2. The molecule has 2 aromatic carbocycles. The predicted octanol–water partition coefficient (Wildman–Crippen LogP) is 3.99. The van der Waals surface area contributed by atoms with Gasteiger partial charge in [-0.15, -0.1) is 11.3 Å². The average Bonchev–Trinajstić information content (AvgIpc) is 2.97. The minimum absolute atomic E-state index is 0.0807. The first-order valence-electron chi connectivity index (χ1n) is 6.07. The molecule has 0 atom stereocenters. The minimum atomic E-state index is -0.0807. The molecule has 3 rings (SSSR count). The molecule has 0 saturated heterocycles. The highest BCUT2D eigenvalue weighted by Gasteiger charge is 2.07. The Morgan fingerprint density at radius 3 is 2.80 bits per heavy atom. The zero-order valence-corrected chi connectivity index (χ0v) is 12.9. The van der Waals surface area contributed by atoms with Crippen LogP contribution in [-0.2, 0) is 6.54 Å². The maximum absolute atomic E-state index is 12.1. The van der Waals surface area contributed by atoms with Gasteiger partial charge in [-0.25, -0.2) is 4.98 Å². The van der Waals surface area contributed by atoms with E-state index in [2.05, 4.69) is 26.2 Å². The second-order valence-corrected chi connectivity index (χ2v) is 6.00. The molecule has 3 aromatic rings. The molecule has 5 heteroatoms. The van der Waals surface area contributed by atoms with Gasteiger partial charge in [0.05, 0.1) is 17.7 Å². The van der Waals surface area contributed by atoms with E-state index in [4.69, 9.17) is 0 Å². The predicted molar refractivity (Wildman–Crippen MR) is 84.9 cm³/mol. The maximum atomic E-state index is 12.1. The molecule has 0 unspecified atom stereocenters. The number of halogens is 1. The Balaban J connectivity index is 1.79. The Morgan fingerprint density at radius 2 is 2.00 bits per heavy atom. The van der Waals surface area contributed by atoms with Crippen molar-refractivity contribution >= 4 is 43.9 Å². The fourth-order valence-electron chi connectivity index (χ4n) is 1.96. The van der Waals surface area contributed by atoms with Gasteiger partial charge in [-0.3, -0.25) is 4.79 Å². The fourth-order valence-corrected chi connectivity index (χ4v) is 2.89. The number of carbonyl (C=O) groups is 1. The highest BCUT2D eigenvalue weighted by atomic mass is 79.9. The second-order valence-electron chi connectivity index (χ2n) is 4.37. The third-order valence-electron chi connectivity index (χ3n) is 2.98. The number of rotatable bonds is 3. The summed E-state index contributed by atoms with van der Waals surface area (Å²) in [5, 5.41) is 6.96. The molecule has 100 valence electrons. The van der Waals surface area contributed by atoms with E-state index in [1.165, 1.54) is 11.3 Å². The number of carbonyl (C=O) groups excluding carboxylic acids is 1. The molecular weight excluding hydrogens is 336 g/mol. The maximum Gasteiger partial charge on any atom is 0.251 e. The van der Waals surface area contributed by atoms with Gasteiger partial charge in [0.1, 0.15) is 0 Å². The standard InChI is InChI=1S/C15H11BrN2OS/c16-13-4-3-10-5-12(2-1-11(10)6-13)15(19)17-7-14-8-20-9-18-14/h1-6,8-9H,7H2,(H,17,19). The van der Waals surface area contributed by atoms with E-state index in [1.807, 2.05) is 41.8 Å². The Kier molecular flexibility index (Phi) is 3.80. The van der Waals surface area contributed by atoms with Crippen molar-refractivity contribution in [3.05, 3.63) is 63.0 Å². The van der Waals surface area contributed by atoms with Crippen molar-refractivity contribution in [2.75, 3.05) is 0 Å². The fraction of sp³-hybridized carbons (Fsp3) is 0.0667. The minimum Gasteiger partial charge on any atom is -0.346 e. The topological polar surface area (TPSA) is 42.0 Å². The molecule has 1 heterocycles. The number of benzene rings is 2. The van der Waals surface area contributed by atoms with E-state index in [9.17, 15) is 4.79 Å². The molecule has 0 radical (unpaired) electrons. The van der Waals surface area contributed by atoms with Crippen molar-refractivity contribution in [3.63, 3.8) is 0 Å². The Hall–Kier alpha value is -1.72. The highest BCUT2D eigenvalue weighted by molar-refractivity contribution is 9.10. The number of hydrogen-bond acceptors (Lipinski definition) is 3. The first-order chi connectivity index (χ1) is 9.72. The number of amides is 1. The molecule has 0 aliphatic carbocycles. The number of thiazole rings is 1. The van der Waals surface area contributed by atoms with Crippen LogP contribution in [0.15, 0.2) is 51.8 Å². The van der Waals surface area contributed by atoms with Gasteiger partial charge in [-0.05, 0) is 35.0 Å². The van der Waals surface area contributed by atoms with Crippen LogP contribution in [0.5, 0.6) is 0 Å². The molecule has 0 bridgehead atoms. The lowest BCUT2D eigenvalue weighted by Crippen LogP contribution is -2.22. The first-order valence-corrected chi connectivity index (χ1v) is 7.80. The van der Waals surface area contributed by atoms with E-state index in [0.717, 1.165) is 20.9 Å². The number of fused-ring (bicyclic) bond motifs is 1. The van der Waals surface area contributed by atoms with Crippen molar-refractivity contribution in [1.82, 2.24) is 10.3 Å². The van der Waals surface area contributed by atoms with Crippen LogP contribution in [0, 0.1) is 0 Å². The smallest absolute Gasteiger partial charge is 0.251 e. The number of hydrogen-bond donors (Lipinski definition) is 1. The van der Waals surface area contributed by atoms with E-state index in [-0.39, 0.29) is 5.91 Å². The van der Waals surface area contributed by atoms with Gasteiger partial charge < -0.3 is 5.32 Å². The third-order valence-corrected chi connectivity index (χ3v) is 4.11. The van der Waals surface area contributed by atoms with Gasteiger partial charge in [-0.1, -0.05) is 28.1 Å². The van der Waals surface area contributed by atoms with Gasteiger partial charge in [0, 0.05) is 15.4 Å². The lowest BCUT2D eigenvalue weighted by Gasteiger charge is -2.05. The second kappa shape index (κ2) is 5.73. The summed E-state index contributed by atoms with van der Waals surface area (Å²) < 4.78 is 1.03. The Labute approximate surface area is 128 Å². The zero-order valence-electron chi connectivity index (χ0n) is 10.5. The Bertz CT molecular complexity index is 756. The normalized spacial score (nSPS) is 10.7. The lowest BCUT2D eigenvalue weighted by atomic mass is 10.1. The quantitative estimate of drug-likeness (QED) is 0.778. The van der Waals surface area contributed by atoms with Crippen molar-refractivity contribution < 1.29 is 4.79 Å². The number of nitrogens with zero attached hydrogens (tertiary/aromatic N) is 1. The molecule has 3 nitrogen and oxygen atoms in total. The van der Waals surface area contributed by atoms with Crippen LogP contribution in [0.4, 0.5) is 0 Å². The summed E-state index contributed by atoms with van der Waals surface area (Å²) in [5.74, 6) is -0.0807. The van der Waals surface area contributed by atoms with Crippen molar-refractivity contribution in [2.45, 2.75) is 6.54 Å². The first kappa shape index (κ1) is 13.3. The van der Waals surface area contributed by atoms with Gasteiger partial charge in [-0.2, -0.15) is 0 Å². The molecule has 0 saturated carbocycles. The summed E-state index contributed by atoms with van der Waals surface area (Å²) in [6.07, 6.45) is 0. The SMILES string of the molecule is O=C(NCc1cscn1)c1ccc2cc(Br)ccc2c1. The number of aromatic nitrogens is 1. The summed E-state index contributed by atoms with van der Waals surface area (Å²) in [5.41, 5.74) is 3.30. The van der Waals surface area contributed by atoms with Crippen LogP contribution in [0.1, 0.15) is 16.1 Å². The van der Waals surface area contributed by atoms with Crippen molar-refractivity contribution in [2.24, 2.45) is 0 Å². The van der Waals surface area contributed by atoms with Gasteiger partial charge in [0.25, 0.3) is 5.91 Å². The lowest BCUT2D eigenvalue weighted by molar-refractivity contribution is 0.0950. The summed E-state index contributed by atoms with van der Waals surface area (Å²) in [6.45, 7) is 0.459. The molecular formula is C15H11BrN2OS. The van der Waals surface area contributed by atoms with E-state index < -0.39 is 0 Å². The summed E-state index contributed by atoms with van der Waals surface area (Å²) in [6, 6.07) is 11.7. The van der Waals surface area contributed by atoms with Gasteiger partial charge in [0.2, 0.25) is 0 Å². The van der Waals surface area contributed by atoms with E-state index in [0.29, 0.717) is 12.1 Å². The van der Waals surface area contributed by atoms with Crippen LogP contribution >= 0.6 is 27.3 Å². The molecule has 0 aliphatic heterocycles. The molecule has 0 fully saturated rings. The summed E-state index contributed by atoms with van der Waals surface area (Å²) >= 11 is 4.96. The molecule has 1 amide bonds. The van der Waals surface area contributed by atoms with Crippen LogP contribution in [0.2, 0.25) is 0 Å². The number of nitrogens with one attached hydrogen (secondary N) is 1. The largest absolute Gasteiger partial charge is 0.346 e. The van der Waals surface area contributed by atoms with Crippen LogP contribution in [0.25, 0.3) is 10.8 Å². The van der Waals surface area contributed by atoms with E-state index >= 15 is 0 Å². The highest BCUT2D eigenvalue weighted by Crippen LogP contribution is 2.21. The van der Waals surface area contributed by atoms with Gasteiger partial charge in [0.15, 0.2) is 0 Å².